The van der Waals surface area contributed by atoms with E-state index in [0.717, 1.165) is 10.0 Å². The third kappa shape index (κ3) is 3.56. The number of carboxylic acids is 1. The molecule has 0 aliphatic carbocycles. The van der Waals surface area contributed by atoms with Crippen molar-refractivity contribution in [3.8, 4) is 0 Å². The van der Waals surface area contributed by atoms with Crippen LogP contribution in [0.2, 0.25) is 0 Å². The number of halogens is 1. The molecule has 1 aromatic carbocycles. The molecule has 1 rings (SSSR count). The fraction of sp³-hybridized carbons (Fsp3) is 0.333. The second-order valence-electron chi connectivity index (χ2n) is 3.74. The highest BCUT2D eigenvalue weighted by molar-refractivity contribution is 9.10. The van der Waals surface area contributed by atoms with Gasteiger partial charge in [-0.1, -0.05) is 22.9 Å². The van der Waals surface area contributed by atoms with E-state index in [1.165, 1.54) is 0 Å². The maximum Gasteiger partial charge on any atom is 0.326 e. The van der Waals surface area contributed by atoms with Crippen LogP contribution in [0.3, 0.4) is 0 Å². The van der Waals surface area contributed by atoms with E-state index in [1.54, 1.807) is 25.1 Å². The molecule has 1 atom stereocenters. The van der Waals surface area contributed by atoms with Crippen LogP contribution in [0, 0.1) is 6.92 Å². The van der Waals surface area contributed by atoms with Gasteiger partial charge in [0.05, 0.1) is 0 Å². The van der Waals surface area contributed by atoms with Gasteiger partial charge in [0.2, 0.25) is 0 Å². The Bertz CT molecular complexity index is 445. The number of rotatable bonds is 4. The normalized spacial score (nSPS) is 11.9. The first kappa shape index (κ1) is 13.7. The summed E-state index contributed by atoms with van der Waals surface area (Å²) in [5.41, 5.74) is 1.39. The Balaban J connectivity index is 2.82. The lowest BCUT2D eigenvalue weighted by atomic mass is 10.1. The van der Waals surface area contributed by atoms with Crippen LogP contribution in [0.25, 0.3) is 0 Å². The number of aryl methyl sites for hydroxylation is 1. The Labute approximate surface area is 108 Å². The molecule has 1 aromatic rings. The molecule has 0 saturated heterocycles. The molecule has 0 spiro atoms. The lowest BCUT2D eigenvalue weighted by Crippen LogP contribution is -2.40. The predicted molar refractivity (Wildman–Crippen MR) is 68.1 cm³/mol. The molecule has 0 heterocycles. The van der Waals surface area contributed by atoms with E-state index in [1.807, 2.05) is 6.92 Å². The molecule has 0 fully saturated rings. The minimum absolute atomic E-state index is 0.358. The molecular weight excluding hydrogens is 286 g/mol. The largest absolute Gasteiger partial charge is 0.480 e. The Morgan fingerprint density at radius 1 is 1.47 bits per heavy atom. The minimum atomic E-state index is -1.02. The van der Waals surface area contributed by atoms with Crippen LogP contribution in [-0.2, 0) is 4.79 Å². The van der Waals surface area contributed by atoms with Crippen molar-refractivity contribution in [2.45, 2.75) is 26.3 Å². The first-order chi connectivity index (χ1) is 7.95. The molecule has 0 bridgehead atoms. The second kappa shape index (κ2) is 5.82. The lowest BCUT2D eigenvalue weighted by molar-refractivity contribution is -0.139. The van der Waals surface area contributed by atoms with E-state index in [4.69, 9.17) is 5.11 Å². The number of amides is 1. The van der Waals surface area contributed by atoms with Crippen LogP contribution in [0.15, 0.2) is 22.7 Å². The van der Waals surface area contributed by atoms with Crippen molar-refractivity contribution in [2.24, 2.45) is 0 Å². The summed E-state index contributed by atoms with van der Waals surface area (Å²) >= 11 is 3.34. The van der Waals surface area contributed by atoms with Gasteiger partial charge in [-0.05, 0) is 37.1 Å². The molecule has 0 radical (unpaired) electrons. The molecule has 0 aliphatic rings. The number of carboxylic acid groups (broad SMARTS) is 1. The standard InChI is InChI=1S/C12H14BrNO3/c1-3-10(12(16)17)14-11(15)8-4-5-9(13)7(2)6-8/h4-6,10H,3H2,1-2H3,(H,14,15)(H,16,17). The molecule has 0 aromatic heterocycles. The molecule has 4 nitrogen and oxygen atoms in total. The number of benzene rings is 1. The molecule has 0 saturated carbocycles. The fourth-order valence-corrected chi connectivity index (χ4v) is 1.61. The summed E-state index contributed by atoms with van der Waals surface area (Å²) in [6, 6.07) is 4.30. The summed E-state index contributed by atoms with van der Waals surface area (Å²) in [5.74, 6) is -1.38. The third-order valence-electron chi connectivity index (χ3n) is 2.43. The van der Waals surface area contributed by atoms with Crippen molar-refractivity contribution in [1.29, 1.82) is 0 Å². The molecule has 17 heavy (non-hydrogen) atoms. The van der Waals surface area contributed by atoms with Gasteiger partial charge >= 0.3 is 5.97 Å². The number of aliphatic carboxylic acids is 1. The molecule has 0 aliphatic heterocycles. The van der Waals surface area contributed by atoms with Gasteiger partial charge < -0.3 is 10.4 Å². The van der Waals surface area contributed by atoms with Crippen LogP contribution in [0.4, 0.5) is 0 Å². The van der Waals surface area contributed by atoms with Crippen molar-refractivity contribution in [3.05, 3.63) is 33.8 Å². The van der Waals surface area contributed by atoms with Gasteiger partial charge in [-0.25, -0.2) is 4.79 Å². The maximum absolute atomic E-state index is 11.8. The van der Waals surface area contributed by atoms with Crippen molar-refractivity contribution in [1.82, 2.24) is 5.32 Å². The van der Waals surface area contributed by atoms with Crippen LogP contribution in [0.1, 0.15) is 29.3 Å². The SMILES string of the molecule is CCC(NC(=O)c1ccc(Br)c(C)c1)C(=O)O. The monoisotopic (exact) mass is 299 g/mol. The predicted octanol–water partition coefficient (Wildman–Crippen LogP) is 2.35. The summed E-state index contributed by atoms with van der Waals surface area (Å²) in [5, 5.41) is 11.3. The van der Waals surface area contributed by atoms with Crippen molar-refractivity contribution < 1.29 is 14.7 Å². The van der Waals surface area contributed by atoms with Gasteiger partial charge in [0, 0.05) is 10.0 Å². The number of hydrogen-bond acceptors (Lipinski definition) is 2. The van der Waals surface area contributed by atoms with Gasteiger partial charge in [0.25, 0.3) is 5.91 Å². The van der Waals surface area contributed by atoms with Crippen molar-refractivity contribution >= 4 is 27.8 Å². The highest BCUT2D eigenvalue weighted by Crippen LogP contribution is 2.17. The molecule has 1 amide bonds. The molecule has 1 unspecified atom stereocenters. The summed E-state index contributed by atoms with van der Waals surface area (Å²) in [7, 11) is 0. The summed E-state index contributed by atoms with van der Waals surface area (Å²) < 4.78 is 0.916. The van der Waals surface area contributed by atoms with E-state index in [0.29, 0.717) is 12.0 Å². The van der Waals surface area contributed by atoms with Crippen molar-refractivity contribution in [2.75, 3.05) is 0 Å². The van der Waals surface area contributed by atoms with Gasteiger partial charge in [-0.15, -0.1) is 0 Å². The van der Waals surface area contributed by atoms with E-state index < -0.39 is 12.0 Å². The topological polar surface area (TPSA) is 66.4 Å². The highest BCUT2D eigenvalue weighted by Gasteiger charge is 2.18. The first-order valence-corrected chi connectivity index (χ1v) is 6.04. The number of carbonyl (C=O) groups excluding carboxylic acids is 1. The van der Waals surface area contributed by atoms with Crippen LogP contribution >= 0.6 is 15.9 Å². The highest BCUT2D eigenvalue weighted by atomic mass is 79.9. The van der Waals surface area contributed by atoms with Crippen molar-refractivity contribution in [3.63, 3.8) is 0 Å². The molecule has 92 valence electrons. The smallest absolute Gasteiger partial charge is 0.326 e. The molecular formula is C12H14BrNO3. The summed E-state index contributed by atoms with van der Waals surface area (Å²) in [4.78, 5) is 22.6. The fourth-order valence-electron chi connectivity index (χ4n) is 1.37. The molecule has 2 N–H and O–H groups in total. The van der Waals surface area contributed by atoms with Gasteiger partial charge in [-0.2, -0.15) is 0 Å². The van der Waals surface area contributed by atoms with Crippen LogP contribution < -0.4 is 5.32 Å². The lowest BCUT2D eigenvalue weighted by Gasteiger charge is -2.12. The van der Waals surface area contributed by atoms with E-state index in [2.05, 4.69) is 21.2 Å². The average molecular weight is 300 g/mol. The van der Waals surface area contributed by atoms with Gasteiger partial charge in [0.15, 0.2) is 0 Å². The first-order valence-electron chi connectivity index (χ1n) is 5.25. The number of carbonyl (C=O) groups is 2. The Morgan fingerprint density at radius 2 is 2.12 bits per heavy atom. The van der Waals surface area contributed by atoms with E-state index >= 15 is 0 Å². The zero-order chi connectivity index (χ0) is 13.0. The third-order valence-corrected chi connectivity index (χ3v) is 3.32. The van der Waals surface area contributed by atoms with Crippen LogP contribution in [0.5, 0.6) is 0 Å². The Hall–Kier alpha value is -1.36. The number of nitrogens with one attached hydrogen (secondary N) is 1. The summed E-state index contributed by atoms with van der Waals surface area (Å²) in [6.07, 6.45) is 0.358. The Kier molecular flexibility index (Phi) is 4.69. The maximum atomic E-state index is 11.8. The molecule has 5 heteroatoms. The number of hydrogen-bond donors (Lipinski definition) is 2. The zero-order valence-electron chi connectivity index (χ0n) is 9.66. The summed E-state index contributed by atoms with van der Waals surface area (Å²) in [6.45, 7) is 3.58. The van der Waals surface area contributed by atoms with E-state index in [-0.39, 0.29) is 5.91 Å². The second-order valence-corrected chi connectivity index (χ2v) is 4.59. The van der Waals surface area contributed by atoms with Gasteiger partial charge in [0.1, 0.15) is 6.04 Å². The average Bonchev–Trinajstić information content (AvgIpc) is 2.28. The quantitative estimate of drug-likeness (QED) is 0.897. The minimum Gasteiger partial charge on any atom is -0.480 e. The zero-order valence-corrected chi connectivity index (χ0v) is 11.2. The van der Waals surface area contributed by atoms with E-state index in [9.17, 15) is 9.59 Å². The van der Waals surface area contributed by atoms with Gasteiger partial charge in [-0.3, -0.25) is 4.79 Å². The van der Waals surface area contributed by atoms with Crippen LogP contribution in [-0.4, -0.2) is 23.0 Å². The Morgan fingerprint density at radius 3 is 2.59 bits per heavy atom.